The maximum Gasteiger partial charge on any atom is 0.268 e. The number of anilines is 2. The monoisotopic (exact) mass is 370 g/mol. The quantitative estimate of drug-likeness (QED) is 0.846. The van der Waals surface area contributed by atoms with Gasteiger partial charge >= 0.3 is 0 Å². The van der Waals surface area contributed by atoms with E-state index in [-0.39, 0.29) is 17.4 Å². The average Bonchev–Trinajstić information content (AvgIpc) is 2.70. The zero-order valence-electron chi connectivity index (χ0n) is 15.9. The lowest BCUT2D eigenvalue weighted by Crippen LogP contribution is -2.39. The summed E-state index contributed by atoms with van der Waals surface area (Å²) < 4.78 is 6.61. The summed E-state index contributed by atoms with van der Waals surface area (Å²) >= 11 is 0. The Kier molecular flexibility index (Phi) is 6.11. The Bertz CT molecular complexity index is 824. The Balaban J connectivity index is 1.55. The molecule has 1 aromatic carbocycles. The molecule has 0 spiro atoms. The zero-order valence-corrected chi connectivity index (χ0v) is 15.9. The Morgan fingerprint density at radius 2 is 1.96 bits per heavy atom. The summed E-state index contributed by atoms with van der Waals surface area (Å²) in [5.41, 5.74) is 1.53. The van der Waals surface area contributed by atoms with Crippen molar-refractivity contribution in [3.05, 3.63) is 46.9 Å². The van der Waals surface area contributed by atoms with Crippen LogP contribution in [0.1, 0.15) is 26.2 Å². The van der Waals surface area contributed by atoms with Crippen LogP contribution in [0.25, 0.3) is 0 Å². The third-order valence-corrected chi connectivity index (χ3v) is 4.88. The van der Waals surface area contributed by atoms with Gasteiger partial charge in [0.2, 0.25) is 5.91 Å². The number of rotatable bonds is 6. The van der Waals surface area contributed by atoms with Gasteiger partial charge in [0, 0.05) is 37.3 Å². The maximum atomic E-state index is 12.5. The molecule has 2 heterocycles. The Morgan fingerprint density at radius 1 is 1.26 bits per heavy atom. The summed E-state index contributed by atoms with van der Waals surface area (Å²) in [6, 6.07) is 8.96. The lowest BCUT2D eigenvalue weighted by Gasteiger charge is -2.32. The fourth-order valence-corrected chi connectivity index (χ4v) is 3.30. The number of amides is 1. The number of piperidine rings is 1. The molecule has 1 N–H and O–H groups in total. The molecule has 1 saturated heterocycles. The molecule has 2 aromatic rings. The van der Waals surface area contributed by atoms with Crippen molar-refractivity contribution in [2.24, 2.45) is 5.92 Å². The van der Waals surface area contributed by atoms with Crippen LogP contribution in [0.15, 0.2) is 41.3 Å². The summed E-state index contributed by atoms with van der Waals surface area (Å²) in [7, 11) is 1.61. The van der Waals surface area contributed by atoms with Crippen molar-refractivity contribution < 1.29 is 9.53 Å². The van der Waals surface area contributed by atoms with Crippen LogP contribution >= 0.6 is 0 Å². The molecule has 27 heavy (non-hydrogen) atoms. The summed E-state index contributed by atoms with van der Waals surface area (Å²) in [5, 5.41) is 7.21. The maximum absolute atomic E-state index is 12.5. The molecule has 1 fully saturated rings. The van der Waals surface area contributed by atoms with E-state index in [2.05, 4.69) is 15.3 Å². The normalized spacial score (nSPS) is 14.8. The van der Waals surface area contributed by atoms with Gasteiger partial charge in [0.15, 0.2) is 0 Å². The van der Waals surface area contributed by atoms with Crippen molar-refractivity contribution in [3.8, 4) is 5.75 Å². The molecule has 1 aliphatic heterocycles. The molecule has 1 aliphatic rings. The predicted octanol–water partition coefficient (Wildman–Crippen LogP) is 2.52. The highest BCUT2D eigenvalue weighted by molar-refractivity contribution is 5.92. The second-order valence-corrected chi connectivity index (χ2v) is 6.75. The number of carbonyl (C=O) groups is 1. The van der Waals surface area contributed by atoms with Crippen LogP contribution in [0.2, 0.25) is 0 Å². The minimum atomic E-state index is -0.0753. The Morgan fingerprint density at radius 3 is 2.56 bits per heavy atom. The number of aromatic nitrogens is 2. The molecule has 0 bridgehead atoms. The lowest BCUT2D eigenvalue weighted by molar-refractivity contribution is -0.120. The van der Waals surface area contributed by atoms with E-state index in [4.69, 9.17) is 4.74 Å². The number of hydrogen-bond acceptors (Lipinski definition) is 5. The van der Waals surface area contributed by atoms with Gasteiger partial charge < -0.3 is 15.0 Å². The van der Waals surface area contributed by atoms with Gasteiger partial charge in [-0.1, -0.05) is 6.92 Å². The van der Waals surface area contributed by atoms with E-state index in [1.165, 1.54) is 4.68 Å². The molecule has 7 heteroatoms. The number of nitrogens with one attached hydrogen (secondary N) is 1. The van der Waals surface area contributed by atoms with E-state index >= 15 is 0 Å². The molecule has 0 radical (unpaired) electrons. The van der Waals surface area contributed by atoms with Crippen molar-refractivity contribution in [1.82, 2.24) is 9.78 Å². The molecular weight excluding hydrogens is 344 g/mol. The highest BCUT2D eigenvalue weighted by Gasteiger charge is 2.25. The third kappa shape index (κ3) is 4.67. The van der Waals surface area contributed by atoms with Crippen molar-refractivity contribution in [3.63, 3.8) is 0 Å². The molecule has 3 rings (SSSR count). The Hall–Kier alpha value is -2.83. The van der Waals surface area contributed by atoms with Gasteiger partial charge in [-0.05, 0) is 43.5 Å². The van der Waals surface area contributed by atoms with E-state index in [0.29, 0.717) is 6.54 Å². The van der Waals surface area contributed by atoms with E-state index in [1.54, 1.807) is 19.4 Å². The second kappa shape index (κ2) is 8.70. The van der Waals surface area contributed by atoms with Crippen molar-refractivity contribution in [2.75, 3.05) is 30.4 Å². The van der Waals surface area contributed by atoms with Gasteiger partial charge in [-0.25, -0.2) is 4.68 Å². The van der Waals surface area contributed by atoms with Crippen LogP contribution in [0.3, 0.4) is 0 Å². The first-order valence-electron chi connectivity index (χ1n) is 9.37. The van der Waals surface area contributed by atoms with Crippen molar-refractivity contribution in [2.45, 2.75) is 32.7 Å². The Labute approximate surface area is 158 Å². The summed E-state index contributed by atoms with van der Waals surface area (Å²) in [5.74, 6) is 0.767. The van der Waals surface area contributed by atoms with Crippen molar-refractivity contribution in [1.29, 1.82) is 0 Å². The first-order chi connectivity index (χ1) is 13.1. The minimum absolute atomic E-state index is 0.0308. The second-order valence-electron chi connectivity index (χ2n) is 6.75. The summed E-state index contributed by atoms with van der Waals surface area (Å²) in [6.45, 7) is 4.12. The van der Waals surface area contributed by atoms with E-state index in [1.807, 2.05) is 31.2 Å². The summed E-state index contributed by atoms with van der Waals surface area (Å²) in [4.78, 5) is 26.7. The van der Waals surface area contributed by atoms with Crippen LogP contribution in [0, 0.1) is 5.92 Å². The van der Waals surface area contributed by atoms with Crippen LogP contribution in [0.4, 0.5) is 11.4 Å². The SMILES string of the molecule is CCCn1ncc(N2CCC(C(=O)Nc3ccc(OC)cc3)CC2)cc1=O. The highest BCUT2D eigenvalue weighted by atomic mass is 16.5. The van der Waals surface area contributed by atoms with Gasteiger partial charge in [0.25, 0.3) is 5.56 Å². The zero-order chi connectivity index (χ0) is 19.2. The topological polar surface area (TPSA) is 76.5 Å². The molecular formula is C20H26N4O3. The highest BCUT2D eigenvalue weighted by Crippen LogP contribution is 2.23. The van der Waals surface area contributed by atoms with Gasteiger partial charge in [-0.3, -0.25) is 9.59 Å². The molecule has 1 aromatic heterocycles. The predicted molar refractivity (Wildman–Crippen MR) is 105 cm³/mol. The number of ether oxygens (including phenoxy) is 1. The first kappa shape index (κ1) is 18.9. The molecule has 0 aliphatic carbocycles. The molecule has 1 amide bonds. The smallest absolute Gasteiger partial charge is 0.268 e. The first-order valence-corrected chi connectivity index (χ1v) is 9.37. The number of nitrogens with zero attached hydrogens (tertiary/aromatic N) is 3. The fourth-order valence-electron chi connectivity index (χ4n) is 3.30. The molecule has 7 nitrogen and oxygen atoms in total. The van der Waals surface area contributed by atoms with E-state index in [0.717, 1.165) is 49.5 Å². The van der Waals surface area contributed by atoms with Crippen LogP contribution in [-0.4, -0.2) is 35.9 Å². The number of methoxy groups -OCH3 is 1. The van der Waals surface area contributed by atoms with E-state index in [9.17, 15) is 9.59 Å². The number of carbonyl (C=O) groups excluding carboxylic acids is 1. The molecule has 0 saturated carbocycles. The fraction of sp³-hybridized carbons (Fsp3) is 0.450. The van der Waals surface area contributed by atoms with Gasteiger partial charge in [-0.15, -0.1) is 0 Å². The minimum Gasteiger partial charge on any atom is -0.497 e. The average molecular weight is 370 g/mol. The van der Waals surface area contributed by atoms with Gasteiger partial charge in [0.1, 0.15) is 5.75 Å². The number of hydrogen-bond donors (Lipinski definition) is 1. The van der Waals surface area contributed by atoms with Gasteiger partial charge in [-0.2, -0.15) is 5.10 Å². The van der Waals surface area contributed by atoms with E-state index < -0.39 is 0 Å². The van der Waals surface area contributed by atoms with Gasteiger partial charge in [0.05, 0.1) is 19.0 Å². The molecule has 144 valence electrons. The third-order valence-electron chi connectivity index (χ3n) is 4.88. The number of aryl methyl sites for hydroxylation is 1. The summed E-state index contributed by atoms with van der Waals surface area (Å²) in [6.07, 6.45) is 4.12. The number of benzene rings is 1. The molecule has 0 atom stereocenters. The van der Waals surface area contributed by atoms with Crippen LogP contribution < -0.4 is 20.5 Å². The lowest BCUT2D eigenvalue weighted by atomic mass is 9.95. The van der Waals surface area contributed by atoms with Crippen LogP contribution in [0.5, 0.6) is 5.75 Å². The largest absolute Gasteiger partial charge is 0.497 e. The molecule has 0 unspecified atom stereocenters. The van der Waals surface area contributed by atoms with Crippen LogP contribution in [-0.2, 0) is 11.3 Å². The van der Waals surface area contributed by atoms with Crippen molar-refractivity contribution >= 4 is 17.3 Å². The standard InChI is InChI=1S/C20H26N4O3/c1-3-10-24-19(25)13-17(14-21-24)23-11-8-15(9-12-23)20(26)22-16-4-6-18(27-2)7-5-16/h4-7,13-15H,3,8-12H2,1-2H3,(H,22,26).